The first-order valence-corrected chi connectivity index (χ1v) is 9.61. The molecule has 1 aromatic carbocycles. The summed E-state index contributed by atoms with van der Waals surface area (Å²) in [7, 11) is 1.55. The number of piperidine rings is 1. The van der Waals surface area contributed by atoms with Crippen LogP contribution in [0, 0.1) is 23.2 Å². The van der Waals surface area contributed by atoms with Crippen molar-refractivity contribution in [3.05, 3.63) is 23.8 Å². The summed E-state index contributed by atoms with van der Waals surface area (Å²) >= 11 is 2.53. The first-order valence-electron chi connectivity index (χ1n) is 8.37. The van der Waals surface area contributed by atoms with Gasteiger partial charge in [-0.2, -0.15) is 5.26 Å². The van der Waals surface area contributed by atoms with Crippen molar-refractivity contribution >= 4 is 34.2 Å². The van der Waals surface area contributed by atoms with Crippen molar-refractivity contribution in [1.82, 2.24) is 5.32 Å². The lowest BCUT2D eigenvalue weighted by molar-refractivity contribution is -0.129. The van der Waals surface area contributed by atoms with Crippen LogP contribution >= 0.6 is 22.6 Å². The summed E-state index contributed by atoms with van der Waals surface area (Å²) in [5, 5.41) is 15.6. The van der Waals surface area contributed by atoms with Crippen LogP contribution in [0.15, 0.2) is 18.2 Å². The van der Waals surface area contributed by atoms with E-state index >= 15 is 0 Å². The number of carbonyl (C=O) groups excluding carboxylic acids is 1. The molecular weight excluding hydrogens is 417 g/mol. The van der Waals surface area contributed by atoms with Gasteiger partial charge in [-0.25, -0.2) is 0 Å². The summed E-state index contributed by atoms with van der Waals surface area (Å²) in [6.07, 6.45) is 4.47. The molecule has 24 heavy (non-hydrogen) atoms. The molecule has 0 radical (unpaired) electrons. The van der Waals surface area contributed by atoms with Crippen molar-refractivity contribution in [2.45, 2.75) is 35.6 Å². The predicted octanol–water partition coefficient (Wildman–Crippen LogP) is 3.09. The molecule has 0 spiro atoms. The fourth-order valence-electron chi connectivity index (χ4n) is 3.74. The molecule has 1 amide bonds. The summed E-state index contributed by atoms with van der Waals surface area (Å²) < 4.78 is 5.96. The third-order valence-corrected chi connectivity index (χ3v) is 6.21. The van der Waals surface area contributed by atoms with Crippen LogP contribution in [0.1, 0.15) is 31.2 Å². The third kappa shape index (κ3) is 3.77. The quantitative estimate of drug-likeness (QED) is 0.559. The van der Waals surface area contributed by atoms with Crippen LogP contribution in [0.3, 0.4) is 0 Å². The average molecular weight is 439 g/mol. The van der Waals surface area contributed by atoms with Crippen molar-refractivity contribution < 1.29 is 9.53 Å². The van der Waals surface area contributed by atoms with Gasteiger partial charge >= 0.3 is 0 Å². The van der Waals surface area contributed by atoms with Crippen molar-refractivity contribution in [2.24, 2.45) is 11.8 Å². The number of nitriles is 1. The number of halogens is 1. The number of amides is 1. The van der Waals surface area contributed by atoms with Gasteiger partial charge < -0.3 is 15.4 Å². The molecule has 4 unspecified atom stereocenters. The zero-order valence-electron chi connectivity index (χ0n) is 13.7. The number of rotatable bonds is 4. The Labute approximate surface area is 156 Å². The molecule has 1 aliphatic carbocycles. The summed E-state index contributed by atoms with van der Waals surface area (Å²) in [4.78, 5) is 12.4. The maximum Gasteiger partial charge on any atom is 0.225 e. The number of hydrogen-bond acceptors (Lipinski definition) is 4. The lowest BCUT2D eigenvalue weighted by Gasteiger charge is -2.41. The monoisotopic (exact) mass is 439 g/mol. The van der Waals surface area contributed by atoms with Gasteiger partial charge in [0, 0.05) is 28.3 Å². The Bertz CT molecular complexity index is 658. The Balaban J connectivity index is 1.62. The van der Waals surface area contributed by atoms with Crippen LogP contribution in [-0.2, 0) is 4.79 Å². The van der Waals surface area contributed by atoms with Gasteiger partial charge in [-0.05, 0) is 43.7 Å². The predicted molar refractivity (Wildman–Crippen MR) is 101 cm³/mol. The highest BCUT2D eigenvalue weighted by Gasteiger charge is 2.38. The molecule has 1 saturated carbocycles. The minimum Gasteiger partial charge on any atom is -0.495 e. The fourth-order valence-corrected chi connectivity index (χ4v) is 4.75. The molecule has 2 N–H and O–H groups in total. The number of fused-ring (bicyclic) bond motifs is 1. The van der Waals surface area contributed by atoms with E-state index < -0.39 is 0 Å². The van der Waals surface area contributed by atoms with Gasteiger partial charge in [0.2, 0.25) is 5.91 Å². The normalized spacial score (nSPS) is 29.1. The number of nitrogens with zero attached hydrogens (tertiary/aromatic N) is 1. The summed E-state index contributed by atoms with van der Waals surface area (Å²) in [6.45, 7) is 0.607. The van der Waals surface area contributed by atoms with Gasteiger partial charge in [0.05, 0.1) is 18.6 Å². The average Bonchev–Trinajstić information content (AvgIpc) is 2.60. The molecule has 1 heterocycles. The molecule has 2 fully saturated rings. The molecule has 4 atom stereocenters. The van der Waals surface area contributed by atoms with Crippen LogP contribution in [-0.4, -0.2) is 29.5 Å². The van der Waals surface area contributed by atoms with Gasteiger partial charge in [-0.3, -0.25) is 4.79 Å². The van der Waals surface area contributed by atoms with E-state index in [1.54, 1.807) is 13.2 Å². The van der Waals surface area contributed by atoms with Crippen LogP contribution < -0.4 is 15.4 Å². The number of benzene rings is 1. The Hall–Kier alpha value is -1.49. The molecular formula is C18H22IN3O2. The highest BCUT2D eigenvalue weighted by atomic mass is 127. The number of nitrogens with one attached hydrogen (secondary N) is 2. The van der Waals surface area contributed by atoms with E-state index in [0.29, 0.717) is 29.8 Å². The molecule has 1 aliphatic heterocycles. The van der Waals surface area contributed by atoms with E-state index in [0.717, 1.165) is 22.5 Å². The molecule has 5 nitrogen and oxygen atoms in total. The maximum absolute atomic E-state index is 12.4. The fraction of sp³-hybridized carbons (Fsp3) is 0.556. The topological polar surface area (TPSA) is 74.2 Å². The summed E-state index contributed by atoms with van der Waals surface area (Å²) in [6, 6.07) is 7.87. The minimum atomic E-state index is -0.00501. The van der Waals surface area contributed by atoms with E-state index in [4.69, 9.17) is 10.00 Å². The number of anilines is 1. The maximum atomic E-state index is 12.4. The summed E-state index contributed by atoms with van der Waals surface area (Å²) in [5.74, 6) is 1.31. The Morgan fingerprint density at radius 3 is 3.00 bits per heavy atom. The number of hydrogen-bond donors (Lipinski definition) is 2. The number of ether oxygens (including phenoxy) is 1. The molecule has 6 heteroatoms. The lowest BCUT2D eigenvalue weighted by Crippen LogP contribution is -2.53. The van der Waals surface area contributed by atoms with Crippen LogP contribution in [0.25, 0.3) is 0 Å². The second-order valence-electron chi connectivity index (χ2n) is 6.63. The van der Waals surface area contributed by atoms with Crippen LogP contribution in [0.2, 0.25) is 0 Å². The van der Waals surface area contributed by atoms with E-state index in [1.807, 2.05) is 12.1 Å². The smallest absolute Gasteiger partial charge is 0.225 e. The molecule has 0 aromatic heterocycles. The molecule has 128 valence electrons. The van der Waals surface area contributed by atoms with E-state index in [9.17, 15) is 4.79 Å². The van der Waals surface area contributed by atoms with E-state index in [2.05, 4.69) is 39.3 Å². The van der Waals surface area contributed by atoms with Crippen molar-refractivity contribution in [1.29, 1.82) is 5.26 Å². The zero-order chi connectivity index (χ0) is 17.1. The lowest BCUT2D eigenvalue weighted by atomic mass is 9.76. The van der Waals surface area contributed by atoms with Crippen molar-refractivity contribution in [2.75, 3.05) is 19.0 Å². The number of methoxy groups -OCH3 is 1. The Morgan fingerprint density at radius 1 is 1.42 bits per heavy atom. The first-order chi connectivity index (χ1) is 11.6. The van der Waals surface area contributed by atoms with Crippen LogP contribution in [0.4, 0.5) is 5.69 Å². The SMILES string of the molecule is COc1cc(NCC2CC3CC(I)CCC3NC2=O)ccc1C#N. The number of alkyl halides is 1. The van der Waals surface area contributed by atoms with E-state index in [1.165, 1.54) is 12.8 Å². The minimum absolute atomic E-state index is 0.00501. The van der Waals surface area contributed by atoms with Crippen molar-refractivity contribution in [3.8, 4) is 11.8 Å². The zero-order valence-corrected chi connectivity index (χ0v) is 15.9. The van der Waals surface area contributed by atoms with Crippen LogP contribution in [0.5, 0.6) is 5.75 Å². The number of carbonyl (C=O) groups is 1. The van der Waals surface area contributed by atoms with Gasteiger partial charge in [-0.1, -0.05) is 22.6 Å². The van der Waals surface area contributed by atoms with Gasteiger partial charge in [0.15, 0.2) is 0 Å². The summed E-state index contributed by atoms with van der Waals surface area (Å²) in [5.41, 5.74) is 1.38. The second-order valence-corrected chi connectivity index (χ2v) is 8.39. The molecule has 1 aromatic rings. The molecule has 3 rings (SSSR count). The van der Waals surface area contributed by atoms with Crippen molar-refractivity contribution in [3.63, 3.8) is 0 Å². The Kier molecular flexibility index (Phi) is 5.49. The largest absolute Gasteiger partial charge is 0.495 e. The Morgan fingerprint density at radius 2 is 2.25 bits per heavy atom. The first kappa shape index (κ1) is 17.3. The van der Waals surface area contributed by atoms with Gasteiger partial charge in [0.25, 0.3) is 0 Å². The second kappa shape index (κ2) is 7.60. The third-order valence-electron chi connectivity index (χ3n) is 5.08. The standard InChI is InChI=1S/C18H22IN3O2/c1-24-17-8-15(4-2-11(17)9-20)21-10-13-6-12-7-14(19)3-5-16(12)22-18(13)23/h2,4,8,12-14,16,21H,3,5-7,10H2,1H3,(H,22,23). The molecule has 2 aliphatic rings. The highest BCUT2D eigenvalue weighted by molar-refractivity contribution is 14.1. The highest BCUT2D eigenvalue weighted by Crippen LogP contribution is 2.36. The molecule has 1 saturated heterocycles. The van der Waals surface area contributed by atoms with E-state index in [-0.39, 0.29) is 11.8 Å². The van der Waals surface area contributed by atoms with Gasteiger partial charge in [0.1, 0.15) is 11.8 Å². The molecule has 0 bridgehead atoms. The van der Waals surface area contributed by atoms with Gasteiger partial charge in [-0.15, -0.1) is 0 Å².